The van der Waals surface area contributed by atoms with E-state index in [0.717, 1.165) is 29.3 Å². The molecule has 2 aromatic heterocycles. The van der Waals surface area contributed by atoms with Crippen molar-refractivity contribution in [2.45, 2.75) is 19.9 Å². The summed E-state index contributed by atoms with van der Waals surface area (Å²) in [7, 11) is 1.65. The second-order valence-electron chi connectivity index (χ2n) is 3.99. The van der Waals surface area contributed by atoms with Crippen LogP contribution < -0.4 is 4.74 Å². The number of hydrogen-bond donors (Lipinski definition) is 0. The third kappa shape index (κ3) is 3.20. The summed E-state index contributed by atoms with van der Waals surface area (Å²) >= 11 is 5.66. The van der Waals surface area contributed by atoms with Gasteiger partial charge in [0.1, 0.15) is 5.75 Å². The van der Waals surface area contributed by atoms with Crippen molar-refractivity contribution in [2.24, 2.45) is 0 Å². The number of halogens is 1. The highest BCUT2D eigenvalue weighted by atomic mass is 35.5. The Morgan fingerprint density at radius 2 is 2.17 bits per heavy atom. The van der Waals surface area contributed by atoms with Crippen molar-refractivity contribution in [3.8, 4) is 5.75 Å². The minimum Gasteiger partial charge on any atom is -0.497 e. The van der Waals surface area contributed by atoms with Gasteiger partial charge >= 0.3 is 0 Å². The van der Waals surface area contributed by atoms with E-state index in [1.807, 2.05) is 25.3 Å². The molecule has 2 heterocycles. The summed E-state index contributed by atoms with van der Waals surface area (Å²) in [6, 6.07) is 3.79. The summed E-state index contributed by atoms with van der Waals surface area (Å²) < 4.78 is 6.97. The topological polar surface area (TPSA) is 52.8 Å². The molecule has 0 unspecified atom stereocenters. The van der Waals surface area contributed by atoms with Crippen LogP contribution in [0.2, 0.25) is 0 Å². The summed E-state index contributed by atoms with van der Waals surface area (Å²) in [5.41, 5.74) is 2.71. The molecule has 0 aliphatic rings. The number of hydrogen-bond acceptors (Lipinski definition) is 4. The Kier molecular flexibility index (Phi) is 4.15. The van der Waals surface area contributed by atoms with Crippen LogP contribution in [-0.2, 0) is 13.0 Å². The first-order valence-corrected chi connectivity index (χ1v) is 6.21. The lowest BCUT2D eigenvalue weighted by atomic mass is 10.3. The first-order chi connectivity index (χ1) is 8.71. The maximum atomic E-state index is 5.66. The summed E-state index contributed by atoms with van der Waals surface area (Å²) in [4.78, 5) is 4.44. The predicted octanol–water partition coefficient (Wildman–Crippen LogP) is 1.82. The number of nitrogens with zero attached hydrogens (tertiary/aromatic N) is 4. The average Bonchev–Trinajstić information content (AvgIpc) is 2.76. The molecule has 0 N–H and O–H groups in total. The van der Waals surface area contributed by atoms with E-state index in [1.54, 1.807) is 11.8 Å². The van der Waals surface area contributed by atoms with E-state index in [1.165, 1.54) is 0 Å². The largest absolute Gasteiger partial charge is 0.497 e. The lowest BCUT2D eigenvalue weighted by Crippen LogP contribution is -2.04. The Hall–Kier alpha value is -1.62. The van der Waals surface area contributed by atoms with Crippen molar-refractivity contribution in [3.05, 3.63) is 35.4 Å². The molecule has 6 heteroatoms. The summed E-state index contributed by atoms with van der Waals surface area (Å²) in [5.74, 6) is 1.36. The van der Waals surface area contributed by atoms with Crippen LogP contribution in [0.5, 0.6) is 5.75 Å². The van der Waals surface area contributed by atoms with Gasteiger partial charge in [0.2, 0.25) is 0 Å². The summed E-state index contributed by atoms with van der Waals surface area (Å²) in [6.45, 7) is 2.51. The molecule has 0 bridgehead atoms. The van der Waals surface area contributed by atoms with E-state index in [2.05, 4.69) is 15.3 Å². The van der Waals surface area contributed by atoms with E-state index >= 15 is 0 Å². The fraction of sp³-hybridized carbons (Fsp3) is 0.417. The van der Waals surface area contributed by atoms with Gasteiger partial charge in [-0.05, 0) is 6.92 Å². The smallest absolute Gasteiger partial charge is 0.122 e. The zero-order valence-electron chi connectivity index (χ0n) is 10.4. The van der Waals surface area contributed by atoms with E-state index in [0.29, 0.717) is 12.4 Å². The maximum absolute atomic E-state index is 5.66. The van der Waals surface area contributed by atoms with Crippen LogP contribution in [0.15, 0.2) is 18.3 Å². The van der Waals surface area contributed by atoms with Crippen LogP contribution in [-0.4, -0.2) is 33.0 Å². The van der Waals surface area contributed by atoms with Crippen molar-refractivity contribution in [1.29, 1.82) is 0 Å². The molecule has 2 rings (SSSR count). The van der Waals surface area contributed by atoms with Crippen LogP contribution in [0.4, 0.5) is 0 Å². The Bertz CT molecular complexity index is 527. The molecular weight excluding hydrogens is 252 g/mol. The third-order valence-corrected chi connectivity index (χ3v) is 2.67. The molecule has 2 aromatic rings. The first-order valence-electron chi connectivity index (χ1n) is 5.68. The van der Waals surface area contributed by atoms with Gasteiger partial charge < -0.3 is 4.74 Å². The molecule has 18 heavy (non-hydrogen) atoms. The molecule has 5 nitrogen and oxygen atoms in total. The predicted molar refractivity (Wildman–Crippen MR) is 69.1 cm³/mol. The van der Waals surface area contributed by atoms with Gasteiger partial charge in [-0.3, -0.25) is 4.98 Å². The van der Waals surface area contributed by atoms with Crippen LogP contribution in [0, 0.1) is 6.92 Å². The Morgan fingerprint density at radius 3 is 2.89 bits per heavy atom. The van der Waals surface area contributed by atoms with Gasteiger partial charge in [-0.25, -0.2) is 4.68 Å². The molecule has 0 aliphatic heterocycles. The van der Waals surface area contributed by atoms with Crippen molar-refractivity contribution in [2.75, 3.05) is 13.0 Å². The van der Waals surface area contributed by atoms with E-state index in [9.17, 15) is 0 Å². The van der Waals surface area contributed by atoms with Gasteiger partial charge in [0.25, 0.3) is 0 Å². The second kappa shape index (κ2) is 5.82. The molecule has 0 amide bonds. The molecule has 0 saturated heterocycles. The number of methoxy groups -OCH3 is 1. The van der Waals surface area contributed by atoms with Crippen LogP contribution in [0.25, 0.3) is 0 Å². The molecule has 0 aliphatic carbocycles. The zero-order chi connectivity index (χ0) is 13.0. The zero-order valence-corrected chi connectivity index (χ0v) is 11.2. The van der Waals surface area contributed by atoms with Crippen molar-refractivity contribution in [1.82, 2.24) is 20.0 Å². The molecule has 0 saturated carbocycles. The minimum atomic E-state index is 0.551. The number of ether oxygens (including phenoxy) is 1. The highest BCUT2D eigenvalue weighted by Gasteiger charge is 2.04. The van der Waals surface area contributed by atoms with Crippen LogP contribution >= 0.6 is 11.6 Å². The minimum absolute atomic E-state index is 0.551. The molecule has 96 valence electrons. The van der Waals surface area contributed by atoms with Crippen LogP contribution in [0.1, 0.15) is 17.1 Å². The Morgan fingerprint density at radius 1 is 1.33 bits per heavy atom. The van der Waals surface area contributed by atoms with Gasteiger partial charge in [-0.2, -0.15) is 0 Å². The van der Waals surface area contributed by atoms with Gasteiger partial charge in [0.15, 0.2) is 0 Å². The third-order valence-electron chi connectivity index (χ3n) is 2.48. The van der Waals surface area contributed by atoms with Crippen LogP contribution in [0.3, 0.4) is 0 Å². The van der Waals surface area contributed by atoms with E-state index in [-0.39, 0.29) is 0 Å². The fourth-order valence-electron chi connectivity index (χ4n) is 1.69. The molecule has 0 fully saturated rings. The molecule has 0 radical (unpaired) electrons. The maximum Gasteiger partial charge on any atom is 0.122 e. The second-order valence-corrected chi connectivity index (χ2v) is 4.36. The lowest BCUT2D eigenvalue weighted by Gasteiger charge is -2.05. The molecule has 0 spiro atoms. The highest BCUT2D eigenvalue weighted by Crippen LogP contribution is 2.14. The van der Waals surface area contributed by atoms with E-state index in [4.69, 9.17) is 16.3 Å². The average molecular weight is 267 g/mol. The van der Waals surface area contributed by atoms with Crippen molar-refractivity contribution < 1.29 is 4.74 Å². The standard InChI is InChI=1S/C12H15ClN4O/c1-9-5-12(18-2)6-11(14-9)8-17-7-10(3-4-13)15-16-17/h5-7H,3-4,8H2,1-2H3. The number of aromatic nitrogens is 4. The van der Waals surface area contributed by atoms with Gasteiger partial charge in [-0.15, -0.1) is 16.7 Å². The normalized spacial score (nSPS) is 10.6. The number of rotatable bonds is 5. The van der Waals surface area contributed by atoms with E-state index < -0.39 is 0 Å². The quantitative estimate of drug-likeness (QED) is 0.775. The van der Waals surface area contributed by atoms with Crippen molar-refractivity contribution >= 4 is 11.6 Å². The summed E-state index contributed by atoms with van der Waals surface area (Å²) in [5, 5.41) is 8.08. The molecular formula is C12H15ClN4O. The number of alkyl halides is 1. The SMILES string of the molecule is COc1cc(C)nc(Cn2cc(CCCl)nn2)c1. The number of aryl methyl sites for hydroxylation is 2. The Labute approximate surface area is 111 Å². The highest BCUT2D eigenvalue weighted by molar-refractivity contribution is 6.17. The van der Waals surface area contributed by atoms with Gasteiger partial charge in [0, 0.05) is 36.3 Å². The van der Waals surface area contributed by atoms with Gasteiger partial charge in [-0.1, -0.05) is 5.21 Å². The monoisotopic (exact) mass is 266 g/mol. The van der Waals surface area contributed by atoms with Crippen molar-refractivity contribution in [3.63, 3.8) is 0 Å². The van der Waals surface area contributed by atoms with Gasteiger partial charge in [0.05, 0.1) is 25.0 Å². The Balaban J connectivity index is 2.14. The molecule has 0 atom stereocenters. The summed E-state index contributed by atoms with van der Waals surface area (Å²) in [6.07, 6.45) is 2.62. The lowest BCUT2D eigenvalue weighted by molar-refractivity contribution is 0.412. The number of pyridine rings is 1. The molecule has 0 aromatic carbocycles. The first kappa shape index (κ1) is 12.8. The fourth-order valence-corrected chi connectivity index (χ4v) is 1.89.